The Morgan fingerprint density at radius 1 is 1.09 bits per heavy atom. The molecular weight excluding hydrogens is 583 g/mol. The Bertz CT molecular complexity index is 1390. The molecule has 242 valence electrons. The fraction of sp³-hybridized carbons (Fsp3) is 0.656. The molecule has 10 nitrogen and oxygen atoms in total. The molecule has 0 bridgehead atoms. The summed E-state index contributed by atoms with van der Waals surface area (Å²) in [5, 5.41) is 0. The van der Waals surface area contributed by atoms with Crippen LogP contribution in [0.5, 0.6) is 11.5 Å². The molecule has 44 heavy (non-hydrogen) atoms. The Labute approximate surface area is 261 Å². The molecule has 1 unspecified atom stereocenters. The quantitative estimate of drug-likeness (QED) is 0.365. The molecule has 2 aromatic rings. The Hall–Kier alpha value is -2.83. The van der Waals surface area contributed by atoms with Crippen molar-refractivity contribution in [3.05, 3.63) is 42.1 Å². The van der Waals surface area contributed by atoms with Crippen molar-refractivity contribution >= 4 is 21.7 Å². The molecule has 12 heteroatoms. The zero-order chi connectivity index (χ0) is 31.4. The van der Waals surface area contributed by atoms with Crippen LogP contribution in [0, 0.1) is 23.6 Å². The highest BCUT2D eigenvalue weighted by molar-refractivity contribution is 7.89. The van der Waals surface area contributed by atoms with Gasteiger partial charge in [-0.1, -0.05) is 0 Å². The fourth-order valence-electron chi connectivity index (χ4n) is 6.96. The number of sulfonamides is 1. The minimum atomic E-state index is -3.14. The minimum Gasteiger partial charge on any atom is -0.451 e. The molecule has 1 N–H and O–H groups in total. The third-order valence-electron chi connectivity index (χ3n) is 9.55. The number of likely N-dealkylation sites (tertiary alicyclic amines) is 1. The van der Waals surface area contributed by atoms with Gasteiger partial charge in [0.05, 0.1) is 17.5 Å². The predicted molar refractivity (Wildman–Crippen MR) is 169 cm³/mol. The van der Waals surface area contributed by atoms with Crippen molar-refractivity contribution in [3.63, 3.8) is 0 Å². The Morgan fingerprint density at radius 3 is 2.52 bits per heavy atom. The van der Waals surface area contributed by atoms with Gasteiger partial charge in [0.25, 0.3) is 5.91 Å². The van der Waals surface area contributed by atoms with Gasteiger partial charge in [-0.3, -0.25) is 4.79 Å². The van der Waals surface area contributed by atoms with Crippen LogP contribution in [0.3, 0.4) is 0 Å². The Morgan fingerprint density at radius 2 is 1.84 bits per heavy atom. The fourth-order valence-corrected chi connectivity index (χ4v) is 7.87. The molecule has 1 aliphatic carbocycles. The SMILES string of the molecule is CCN(C(=O)c1cc(F)ccc1Oc1cncnc1N1CC(C2CCN(CC3CCC(NS(=O)(=O)CC)CC3)C2)C1)C(C)C. The average molecular weight is 631 g/mol. The highest BCUT2D eigenvalue weighted by atomic mass is 32.2. The maximum absolute atomic E-state index is 14.2. The standard InChI is InChI=1S/C32H47FN6O4S/c1-5-39(22(3)4)32(40)28-15-26(33)9-12-29(28)43-30-16-34-21-35-31(30)38-19-25(20-38)24-13-14-37(18-24)17-23-7-10-27(11-8-23)36-44(41,42)6-2/h9,12,15-16,21-25,27,36H,5-8,10-11,13-14,17-20H2,1-4H3. The van der Waals surface area contributed by atoms with E-state index < -0.39 is 15.8 Å². The van der Waals surface area contributed by atoms with Crippen LogP contribution >= 0.6 is 0 Å². The second-order valence-electron chi connectivity index (χ2n) is 12.9. The summed E-state index contributed by atoms with van der Waals surface area (Å²) in [6, 6.07) is 4.08. The first-order valence-electron chi connectivity index (χ1n) is 16.1. The number of benzene rings is 1. The van der Waals surface area contributed by atoms with Crippen LogP contribution in [0.15, 0.2) is 30.7 Å². The maximum Gasteiger partial charge on any atom is 0.257 e. The lowest BCUT2D eigenvalue weighted by atomic mass is 9.84. The van der Waals surface area contributed by atoms with E-state index in [1.54, 1.807) is 18.0 Å². The first-order chi connectivity index (χ1) is 21.1. The summed E-state index contributed by atoms with van der Waals surface area (Å²) < 4.78 is 47.1. The van der Waals surface area contributed by atoms with E-state index in [1.165, 1.54) is 30.9 Å². The summed E-state index contributed by atoms with van der Waals surface area (Å²) in [6.07, 6.45) is 8.27. The summed E-state index contributed by atoms with van der Waals surface area (Å²) in [7, 11) is -3.14. The van der Waals surface area contributed by atoms with Gasteiger partial charge in [0.2, 0.25) is 10.0 Å². The van der Waals surface area contributed by atoms with Crippen molar-refractivity contribution in [2.75, 3.05) is 49.9 Å². The molecule has 2 saturated heterocycles. The lowest BCUT2D eigenvalue weighted by molar-refractivity contribution is 0.0713. The maximum atomic E-state index is 14.2. The van der Waals surface area contributed by atoms with Crippen LogP contribution in [-0.4, -0.2) is 91.2 Å². The van der Waals surface area contributed by atoms with Gasteiger partial charge in [0, 0.05) is 44.8 Å². The number of hydrogen-bond donors (Lipinski definition) is 1. The summed E-state index contributed by atoms with van der Waals surface area (Å²) in [4.78, 5) is 28.5. The van der Waals surface area contributed by atoms with Crippen molar-refractivity contribution in [2.24, 2.45) is 17.8 Å². The van der Waals surface area contributed by atoms with E-state index in [2.05, 4.69) is 24.5 Å². The van der Waals surface area contributed by atoms with Crippen molar-refractivity contribution in [1.29, 1.82) is 0 Å². The zero-order valence-corrected chi connectivity index (χ0v) is 27.2. The number of nitrogens with one attached hydrogen (secondary N) is 1. The molecular formula is C32H47FN6O4S. The van der Waals surface area contributed by atoms with Gasteiger partial charge < -0.3 is 19.4 Å². The van der Waals surface area contributed by atoms with Crippen molar-refractivity contribution < 1.29 is 22.3 Å². The van der Waals surface area contributed by atoms with Crippen LogP contribution in [0.1, 0.15) is 70.2 Å². The van der Waals surface area contributed by atoms with E-state index in [0.717, 1.165) is 58.4 Å². The van der Waals surface area contributed by atoms with Crippen molar-refractivity contribution in [2.45, 2.75) is 71.9 Å². The number of hydrogen-bond acceptors (Lipinski definition) is 8. The zero-order valence-electron chi connectivity index (χ0n) is 26.4. The van der Waals surface area contributed by atoms with Gasteiger partial charge in [0.1, 0.15) is 17.9 Å². The Balaban J connectivity index is 1.15. The van der Waals surface area contributed by atoms with Crippen LogP contribution in [0.2, 0.25) is 0 Å². The summed E-state index contributed by atoms with van der Waals surface area (Å²) in [5.41, 5.74) is 0.179. The molecule has 5 rings (SSSR count). The number of ether oxygens (including phenoxy) is 1. The molecule has 3 heterocycles. The normalized spacial score (nSPS) is 23.1. The van der Waals surface area contributed by atoms with Crippen molar-refractivity contribution in [3.8, 4) is 11.5 Å². The molecule has 1 aromatic carbocycles. The molecule has 3 fully saturated rings. The van der Waals surface area contributed by atoms with E-state index in [1.807, 2.05) is 20.8 Å². The highest BCUT2D eigenvalue weighted by Crippen LogP contribution is 2.39. The first-order valence-corrected chi connectivity index (χ1v) is 17.8. The molecule has 1 saturated carbocycles. The largest absolute Gasteiger partial charge is 0.451 e. The molecule has 1 aromatic heterocycles. The number of halogens is 1. The van der Waals surface area contributed by atoms with Crippen LogP contribution in [0.25, 0.3) is 0 Å². The predicted octanol–water partition coefficient (Wildman–Crippen LogP) is 4.53. The van der Waals surface area contributed by atoms with Gasteiger partial charge in [-0.15, -0.1) is 0 Å². The van der Waals surface area contributed by atoms with E-state index in [9.17, 15) is 17.6 Å². The Kier molecular flexibility index (Phi) is 10.4. The summed E-state index contributed by atoms with van der Waals surface area (Å²) in [6.45, 7) is 13.0. The topological polar surface area (TPSA) is 108 Å². The smallest absolute Gasteiger partial charge is 0.257 e. The first kappa shape index (κ1) is 32.6. The highest BCUT2D eigenvalue weighted by Gasteiger charge is 2.39. The number of amides is 1. The number of anilines is 1. The lowest BCUT2D eigenvalue weighted by Gasteiger charge is -2.43. The van der Waals surface area contributed by atoms with Gasteiger partial charge >= 0.3 is 0 Å². The second-order valence-corrected chi connectivity index (χ2v) is 14.9. The molecule has 3 aliphatic rings. The van der Waals surface area contributed by atoms with Gasteiger partial charge in [0.15, 0.2) is 11.6 Å². The van der Waals surface area contributed by atoms with E-state index in [4.69, 9.17) is 4.74 Å². The minimum absolute atomic E-state index is 0.0345. The van der Waals surface area contributed by atoms with Gasteiger partial charge in [-0.2, -0.15) is 0 Å². The number of aromatic nitrogens is 2. The van der Waals surface area contributed by atoms with Crippen LogP contribution in [-0.2, 0) is 10.0 Å². The van der Waals surface area contributed by atoms with E-state index in [-0.39, 0.29) is 35.1 Å². The van der Waals surface area contributed by atoms with E-state index >= 15 is 0 Å². The molecule has 1 amide bonds. The molecule has 0 spiro atoms. The number of carbonyl (C=O) groups is 1. The van der Waals surface area contributed by atoms with Gasteiger partial charge in [-0.05, 0) is 102 Å². The van der Waals surface area contributed by atoms with Crippen molar-refractivity contribution in [1.82, 2.24) is 24.5 Å². The summed E-state index contributed by atoms with van der Waals surface area (Å²) in [5.74, 6) is 2.60. The van der Waals surface area contributed by atoms with Crippen LogP contribution in [0.4, 0.5) is 10.2 Å². The number of carbonyl (C=O) groups excluding carboxylic acids is 1. The molecule has 2 aliphatic heterocycles. The number of nitrogens with zero attached hydrogens (tertiary/aromatic N) is 5. The third-order valence-corrected chi connectivity index (χ3v) is 11.0. The lowest BCUT2D eigenvalue weighted by Crippen LogP contribution is -2.51. The number of rotatable bonds is 12. The third kappa shape index (κ3) is 7.69. The van der Waals surface area contributed by atoms with Crippen LogP contribution < -0.4 is 14.4 Å². The molecule has 0 radical (unpaired) electrons. The average Bonchev–Trinajstić information content (AvgIpc) is 3.42. The summed E-state index contributed by atoms with van der Waals surface area (Å²) >= 11 is 0. The van der Waals surface area contributed by atoms with Gasteiger partial charge in [-0.25, -0.2) is 27.5 Å². The van der Waals surface area contributed by atoms with E-state index in [0.29, 0.717) is 35.9 Å². The molecule has 1 atom stereocenters. The monoisotopic (exact) mass is 630 g/mol. The second kappa shape index (κ2) is 14.1.